The van der Waals surface area contributed by atoms with Crippen LogP contribution in [0.25, 0.3) is 0 Å². The van der Waals surface area contributed by atoms with E-state index in [1.165, 1.54) is 0 Å². The van der Waals surface area contributed by atoms with E-state index in [1.54, 1.807) is 36.5 Å². The monoisotopic (exact) mass is 348 g/mol. The van der Waals surface area contributed by atoms with Gasteiger partial charge >= 0.3 is 0 Å². The van der Waals surface area contributed by atoms with E-state index in [4.69, 9.17) is 16.3 Å². The largest absolute Gasteiger partial charge is 0.475 e. The van der Waals surface area contributed by atoms with Gasteiger partial charge in [-0.15, -0.1) is 0 Å². The number of ether oxygens (including phenoxy) is 1. The Labute approximate surface area is 146 Å². The Kier molecular flexibility index (Phi) is 6.58. The van der Waals surface area contributed by atoms with E-state index in [0.717, 1.165) is 5.56 Å². The van der Waals surface area contributed by atoms with Gasteiger partial charge in [0, 0.05) is 23.8 Å². The first-order valence-electron chi connectivity index (χ1n) is 7.76. The first kappa shape index (κ1) is 18.2. The molecule has 2 rings (SSSR count). The number of carbonyl (C=O) groups is 1. The van der Waals surface area contributed by atoms with Crippen molar-refractivity contribution in [2.75, 3.05) is 0 Å². The molecule has 0 fully saturated rings. The van der Waals surface area contributed by atoms with E-state index < -0.39 is 6.10 Å². The molecule has 0 radical (unpaired) electrons. The molecule has 0 saturated carbocycles. The molecule has 2 N–H and O–H groups in total. The van der Waals surface area contributed by atoms with E-state index in [2.05, 4.69) is 10.3 Å². The summed E-state index contributed by atoms with van der Waals surface area (Å²) >= 11 is 5.81. The molecular weight excluding hydrogens is 328 g/mol. The standard InChI is InChI=1S/C18H21ClN2O3/c1-12(2)24-18-9-13(7-8-20-18)11-21-17(23)10-16(22)14-3-5-15(19)6-4-14/h3-9,12,16,22H,10-11H2,1-2H3,(H,21,23). The number of hydrogen-bond acceptors (Lipinski definition) is 4. The van der Waals surface area contributed by atoms with Crippen LogP contribution in [0.15, 0.2) is 42.6 Å². The Hall–Kier alpha value is -2.11. The van der Waals surface area contributed by atoms with Crippen LogP contribution < -0.4 is 10.1 Å². The number of rotatable bonds is 7. The summed E-state index contributed by atoms with van der Waals surface area (Å²) in [6.07, 6.45) is 0.806. The number of nitrogens with zero attached hydrogens (tertiary/aromatic N) is 1. The highest BCUT2D eigenvalue weighted by Gasteiger charge is 2.13. The zero-order valence-electron chi connectivity index (χ0n) is 13.7. The lowest BCUT2D eigenvalue weighted by Gasteiger charge is -2.12. The second-order valence-corrected chi connectivity index (χ2v) is 6.15. The summed E-state index contributed by atoms with van der Waals surface area (Å²) in [6, 6.07) is 10.4. The number of benzene rings is 1. The van der Waals surface area contributed by atoms with Gasteiger partial charge < -0.3 is 15.2 Å². The van der Waals surface area contributed by atoms with Gasteiger partial charge in [0.25, 0.3) is 0 Å². The summed E-state index contributed by atoms with van der Waals surface area (Å²) in [7, 11) is 0. The van der Waals surface area contributed by atoms with E-state index in [0.29, 0.717) is 23.0 Å². The van der Waals surface area contributed by atoms with Crippen molar-refractivity contribution < 1.29 is 14.6 Å². The molecule has 24 heavy (non-hydrogen) atoms. The lowest BCUT2D eigenvalue weighted by atomic mass is 10.1. The molecular formula is C18H21ClN2O3. The molecule has 1 atom stereocenters. The summed E-state index contributed by atoms with van der Waals surface area (Å²) < 4.78 is 5.52. The lowest BCUT2D eigenvalue weighted by molar-refractivity contribution is -0.123. The fourth-order valence-electron chi connectivity index (χ4n) is 2.12. The van der Waals surface area contributed by atoms with Gasteiger partial charge in [-0.25, -0.2) is 4.98 Å². The Morgan fingerprint density at radius 3 is 2.67 bits per heavy atom. The predicted octanol–water partition coefficient (Wildman–Crippen LogP) is 3.26. The number of amides is 1. The van der Waals surface area contributed by atoms with Crippen LogP contribution in [0.4, 0.5) is 0 Å². The number of nitrogens with one attached hydrogen (secondary N) is 1. The minimum atomic E-state index is -0.862. The summed E-state index contributed by atoms with van der Waals surface area (Å²) in [5.41, 5.74) is 1.54. The highest BCUT2D eigenvalue weighted by atomic mass is 35.5. The molecule has 0 aliphatic heterocycles. The van der Waals surface area contributed by atoms with Gasteiger partial charge in [-0.1, -0.05) is 23.7 Å². The van der Waals surface area contributed by atoms with Crippen molar-refractivity contribution in [3.05, 3.63) is 58.7 Å². The number of hydrogen-bond donors (Lipinski definition) is 2. The van der Waals surface area contributed by atoms with Gasteiger partial charge in [0.1, 0.15) is 0 Å². The van der Waals surface area contributed by atoms with Crippen LogP contribution in [-0.4, -0.2) is 22.1 Å². The molecule has 0 bridgehead atoms. The summed E-state index contributed by atoms with van der Waals surface area (Å²) in [6.45, 7) is 4.20. The molecule has 1 aromatic carbocycles. The predicted molar refractivity (Wildman–Crippen MR) is 92.9 cm³/mol. The van der Waals surface area contributed by atoms with Crippen LogP contribution >= 0.6 is 11.6 Å². The number of halogens is 1. The van der Waals surface area contributed by atoms with Crippen molar-refractivity contribution in [2.24, 2.45) is 0 Å². The molecule has 5 nitrogen and oxygen atoms in total. The molecule has 1 amide bonds. The van der Waals surface area contributed by atoms with Crippen LogP contribution in [0.5, 0.6) is 5.88 Å². The minimum Gasteiger partial charge on any atom is -0.475 e. The average molecular weight is 349 g/mol. The molecule has 0 spiro atoms. The molecule has 0 aliphatic rings. The first-order chi connectivity index (χ1) is 11.4. The van der Waals surface area contributed by atoms with Gasteiger partial charge in [0.05, 0.1) is 18.6 Å². The smallest absolute Gasteiger partial charge is 0.223 e. The molecule has 0 aliphatic carbocycles. The van der Waals surface area contributed by atoms with E-state index >= 15 is 0 Å². The van der Waals surface area contributed by atoms with Gasteiger partial charge in [0.15, 0.2) is 0 Å². The highest BCUT2D eigenvalue weighted by Crippen LogP contribution is 2.19. The van der Waals surface area contributed by atoms with Crippen LogP contribution in [0.3, 0.4) is 0 Å². The molecule has 1 heterocycles. The van der Waals surface area contributed by atoms with Crippen molar-refractivity contribution in [1.82, 2.24) is 10.3 Å². The maximum atomic E-state index is 12.0. The molecule has 1 aromatic heterocycles. The average Bonchev–Trinajstić information content (AvgIpc) is 2.53. The third-order valence-electron chi connectivity index (χ3n) is 3.28. The Morgan fingerprint density at radius 1 is 1.29 bits per heavy atom. The number of aliphatic hydroxyl groups is 1. The first-order valence-corrected chi connectivity index (χ1v) is 8.13. The topological polar surface area (TPSA) is 71.5 Å². The van der Waals surface area contributed by atoms with Crippen molar-refractivity contribution in [3.63, 3.8) is 0 Å². The van der Waals surface area contributed by atoms with Crippen LogP contribution in [0, 0.1) is 0 Å². The second kappa shape index (κ2) is 8.66. The van der Waals surface area contributed by atoms with Crippen molar-refractivity contribution in [2.45, 2.75) is 39.0 Å². The third kappa shape index (κ3) is 5.83. The fraction of sp³-hybridized carbons (Fsp3) is 0.333. The quantitative estimate of drug-likeness (QED) is 0.805. The zero-order chi connectivity index (χ0) is 17.5. The molecule has 6 heteroatoms. The minimum absolute atomic E-state index is 0.0118. The van der Waals surface area contributed by atoms with Crippen molar-refractivity contribution >= 4 is 17.5 Å². The number of carbonyl (C=O) groups excluding carboxylic acids is 1. The summed E-state index contributed by atoms with van der Waals surface area (Å²) in [4.78, 5) is 16.1. The molecule has 2 aromatic rings. The fourth-order valence-corrected chi connectivity index (χ4v) is 2.24. The normalized spacial score (nSPS) is 12.0. The molecule has 128 valence electrons. The highest BCUT2D eigenvalue weighted by molar-refractivity contribution is 6.30. The molecule has 1 unspecified atom stereocenters. The number of aliphatic hydroxyl groups excluding tert-OH is 1. The Balaban J connectivity index is 1.85. The lowest BCUT2D eigenvalue weighted by Crippen LogP contribution is -2.24. The second-order valence-electron chi connectivity index (χ2n) is 5.72. The van der Waals surface area contributed by atoms with Crippen LogP contribution in [-0.2, 0) is 11.3 Å². The Morgan fingerprint density at radius 2 is 2.00 bits per heavy atom. The summed E-state index contributed by atoms with van der Waals surface area (Å²) in [5.74, 6) is 0.290. The van der Waals surface area contributed by atoms with Crippen LogP contribution in [0.2, 0.25) is 5.02 Å². The Bertz CT molecular complexity index is 674. The van der Waals surface area contributed by atoms with Crippen molar-refractivity contribution in [3.8, 4) is 5.88 Å². The maximum absolute atomic E-state index is 12.0. The number of pyridine rings is 1. The van der Waals surface area contributed by atoms with Gasteiger partial charge in [-0.2, -0.15) is 0 Å². The van der Waals surface area contributed by atoms with E-state index in [1.807, 2.05) is 19.9 Å². The van der Waals surface area contributed by atoms with Gasteiger partial charge in [-0.05, 0) is 43.2 Å². The van der Waals surface area contributed by atoms with Crippen molar-refractivity contribution in [1.29, 1.82) is 0 Å². The van der Waals surface area contributed by atoms with Gasteiger partial charge in [0.2, 0.25) is 11.8 Å². The molecule has 0 saturated heterocycles. The van der Waals surface area contributed by atoms with E-state index in [-0.39, 0.29) is 18.4 Å². The maximum Gasteiger partial charge on any atom is 0.223 e. The van der Waals surface area contributed by atoms with Crippen LogP contribution in [0.1, 0.15) is 37.5 Å². The third-order valence-corrected chi connectivity index (χ3v) is 3.53. The summed E-state index contributed by atoms with van der Waals surface area (Å²) in [5, 5.41) is 13.5. The van der Waals surface area contributed by atoms with E-state index in [9.17, 15) is 9.90 Å². The number of aromatic nitrogens is 1. The SMILES string of the molecule is CC(C)Oc1cc(CNC(=O)CC(O)c2ccc(Cl)cc2)ccn1. The zero-order valence-corrected chi connectivity index (χ0v) is 14.5. The van der Waals surface area contributed by atoms with Gasteiger partial charge in [-0.3, -0.25) is 4.79 Å².